The van der Waals surface area contributed by atoms with Crippen LogP contribution in [-0.4, -0.2) is 49.6 Å². The van der Waals surface area contributed by atoms with Crippen LogP contribution in [0.1, 0.15) is 25.7 Å². The molecule has 19 heavy (non-hydrogen) atoms. The Labute approximate surface area is 112 Å². The maximum atomic E-state index is 12.0. The highest BCUT2D eigenvalue weighted by Gasteiger charge is 2.40. The third-order valence-corrected chi connectivity index (χ3v) is 4.21. The van der Waals surface area contributed by atoms with E-state index in [0.29, 0.717) is 11.8 Å². The number of nitrogens with zero attached hydrogens (tertiary/aromatic N) is 1. The summed E-state index contributed by atoms with van der Waals surface area (Å²) in [6.07, 6.45) is 1.04. The lowest BCUT2D eigenvalue weighted by Gasteiger charge is -2.29. The van der Waals surface area contributed by atoms with Crippen LogP contribution in [0, 0.1) is 11.8 Å². The molecule has 0 aromatic carbocycles. The quantitative estimate of drug-likeness (QED) is 0.769. The zero-order chi connectivity index (χ0) is 13.8. The number of likely N-dealkylation sites (tertiary alicyclic amines) is 1. The van der Waals surface area contributed by atoms with Crippen LogP contribution in [0.2, 0.25) is 0 Å². The van der Waals surface area contributed by atoms with E-state index in [2.05, 4.69) is 0 Å². The summed E-state index contributed by atoms with van der Waals surface area (Å²) in [5, 5.41) is 0. The third-order valence-electron chi connectivity index (χ3n) is 4.21. The fourth-order valence-corrected chi connectivity index (χ4v) is 3.21. The van der Waals surface area contributed by atoms with E-state index in [9.17, 15) is 13.6 Å². The number of nitrogens with two attached hydrogens (primary N) is 1. The zero-order valence-corrected chi connectivity index (χ0v) is 11.1. The highest BCUT2D eigenvalue weighted by atomic mass is 19.3. The molecule has 2 fully saturated rings. The Morgan fingerprint density at radius 2 is 2.16 bits per heavy atom. The number of hydrogen-bond acceptors (Lipinski definition) is 3. The number of halogens is 2. The summed E-state index contributed by atoms with van der Waals surface area (Å²) in [5.74, 6) is 0.935. The maximum absolute atomic E-state index is 12.0. The van der Waals surface area contributed by atoms with Gasteiger partial charge in [0.1, 0.15) is 6.61 Å². The van der Waals surface area contributed by atoms with E-state index in [1.807, 2.05) is 4.90 Å². The average Bonchev–Trinajstić information content (AvgIpc) is 2.79. The normalized spacial score (nSPS) is 30.7. The van der Waals surface area contributed by atoms with Crippen LogP contribution in [0.3, 0.4) is 0 Å². The standard InChI is InChI=1S/C13H22F2N2O2/c14-12(15)8-19-5-4-13(18)17-6-9-2-1-3-11(16)10(9)7-17/h9-12H,1-8,16H2. The van der Waals surface area contributed by atoms with Gasteiger partial charge in [-0.2, -0.15) is 0 Å². The molecule has 0 spiro atoms. The molecule has 6 heteroatoms. The molecule has 2 rings (SSSR count). The minimum absolute atomic E-state index is 0.00383. The molecule has 1 heterocycles. The van der Waals surface area contributed by atoms with Crippen LogP contribution in [-0.2, 0) is 9.53 Å². The van der Waals surface area contributed by atoms with E-state index in [1.165, 1.54) is 0 Å². The van der Waals surface area contributed by atoms with E-state index < -0.39 is 13.0 Å². The fraction of sp³-hybridized carbons (Fsp3) is 0.923. The number of alkyl halides is 2. The molecule has 1 saturated carbocycles. The average molecular weight is 276 g/mol. The van der Waals surface area contributed by atoms with Gasteiger partial charge in [-0.15, -0.1) is 0 Å². The summed E-state index contributed by atoms with van der Waals surface area (Å²) in [7, 11) is 0. The van der Waals surface area contributed by atoms with Gasteiger partial charge in [-0.25, -0.2) is 8.78 Å². The molecule has 2 N–H and O–H groups in total. The van der Waals surface area contributed by atoms with Crippen molar-refractivity contribution >= 4 is 5.91 Å². The molecule has 3 unspecified atom stereocenters. The largest absolute Gasteiger partial charge is 0.375 e. The Morgan fingerprint density at radius 3 is 2.84 bits per heavy atom. The van der Waals surface area contributed by atoms with Crippen LogP contribution in [0.15, 0.2) is 0 Å². The molecular weight excluding hydrogens is 254 g/mol. The molecule has 0 radical (unpaired) electrons. The van der Waals surface area contributed by atoms with E-state index in [1.54, 1.807) is 0 Å². The first kappa shape index (κ1) is 14.7. The van der Waals surface area contributed by atoms with Gasteiger partial charge in [0.05, 0.1) is 13.0 Å². The topological polar surface area (TPSA) is 55.6 Å². The summed E-state index contributed by atoms with van der Waals surface area (Å²) in [4.78, 5) is 13.8. The SMILES string of the molecule is NC1CCCC2CN(C(=O)CCOCC(F)F)CC12. The zero-order valence-electron chi connectivity index (χ0n) is 11.1. The number of amides is 1. The van der Waals surface area contributed by atoms with E-state index in [4.69, 9.17) is 10.5 Å². The Balaban J connectivity index is 1.72. The number of hydrogen-bond donors (Lipinski definition) is 1. The molecule has 1 aliphatic heterocycles. The van der Waals surface area contributed by atoms with E-state index in [0.717, 1.165) is 32.4 Å². The monoisotopic (exact) mass is 276 g/mol. The van der Waals surface area contributed by atoms with Gasteiger partial charge in [0.2, 0.25) is 5.91 Å². The van der Waals surface area contributed by atoms with Crippen molar-refractivity contribution in [3.05, 3.63) is 0 Å². The summed E-state index contributed by atoms with van der Waals surface area (Å²) in [6.45, 7) is 0.968. The minimum atomic E-state index is -2.47. The number of fused-ring (bicyclic) bond motifs is 1. The minimum Gasteiger partial charge on any atom is -0.375 e. The summed E-state index contributed by atoms with van der Waals surface area (Å²) in [5.41, 5.74) is 6.09. The van der Waals surface area contributed by atoms with Crippen molar-refractivity contribution in [2.45, 2.75) is 38.2 Å². The Morgan fingerprint density at radius 1 is 1.37 bits per heavy atom. The maximum Gasteiger partial charge on any atom is 0.261 e. The first-order chi connectivity index (χ1) is 9.08. The second-order valence-corrected chi connectivity index (χ2v) is 5.53. The van der Waals surface area contributed by atoms with Gasteiger partial charge in [-0.3, -0.25) is 4.79 Å². The van der Waals surface area contributed by atoms with Crippen molar-refractivity contribution in [1.82, 2.24) is 4.90 Å². The van der Waals surface area contributed by atoms with Gasteiger partial charge >= 0.3 is 0 Å². The first-order valence-corrected chi connectivity index (χ1v) is 6.97. The predicted octanol–water partition coefficient (Wildman–Crippen LogP) is 1.24. The summed E-state index contributed by atoms with van der Waals surface area (Å²) in [6, 6.07) is 0.201. The lowest BCUT2D eigenvalue weighted by Crippen LogP contribution is -2.38. The first-order valence-electron chi connectivity index (χ1n) is 6.97. The van der Waals surface area contributed by atoms with Crippen LogP contribution in [0.5, 0.6) is 0 Å². The number of rotatable bonds is 5. The molecule has 1 saturated heterocycles. The van der Waals surface area contributed by atoms with Crippen molar-refractivity contribution in [1.29, 1.82) is 0 Å². The number of carbonyl (C=O) groups excluding carboxylic acids is 1. The van der Waals surface area contributed by atoms with Crippen molar-refractivity contribution in [3.63, 3.8) is 0 Å². The summed E-state index contributed by atoms with van der Waals surface area (Å²) < 4.78 is 28.5. The van der Waals surface area contributed by atoms with Gasteiger partial charge in [0, 0.05) is 19.1 Å². The molecule has 4 nitrogen and oxygen atoms in total. The van der Waals surface area contributed by atoms with Crippen molar-refractivity contribution in [2.24, 2.45) is 17.6 Å². The second kappa shape index (κ2) is 6.61. The van der Waals surface area contributed by atoms with Crippen LogP contribution in [0.4, 0.5) is 8.78 Å². The highest BCUT2D eigenvalue weighted by molar-refractivity contribution is 5.76. The van der Waals surface area contributed by atoms with Gasteiger partial charge in [0.15, 0.2) is 0 Å². The Bertz CT molecular complexity index is 315. The molecule has 0 bridgehead atoms. The number of carbonyl (C=O) groups is 1. The highest BCUT2D eigenvalue weighted by Crippen LogP contribution is 2.35. The van der Waals surface area contributed by atoms with Gasteiger partial charge in [-0.1, -0.05) is 6.42 Å². The lowest BCUT2D eigenvalue weighted by atomic mass is 9.78. The van der Waals surface area contributed by atoms with Gasteiger partial charge in [0.25, 0.3) is 6.43 Å². The van der Waals surface area contributed by atoms with Crippen molar-refractivity contribution in [2.75, 3.05) is 26.3 Å². The summed E-state index contributed by atoms with van der Waals surface area (Å²) >= 11 is 0. The Hall–Kier alpha value is -0.750. The van der Waals surface area contributed by atoms with Crippen LogP contribution < -0.4 is 5.73 Å². The van der Waals surface area contributed by atoms with E-state index >= 15 is 0 Å². The molecule has 3 atom stereocenters. The second-order valence-electron chi connectivity index (χ2n) is 5.53. The molecule has 2 aliphatic rings. The molecule has 0 aromatic rings. The smallest absolute Gasteiger partial charge is 0.261 e. The molecule has 110 valence electrons. The lowest BCUT2D eigenvalue weighted by molar-refractivity contribution is -0.131. The van der Waals surface area contributed by atoms with Crippen molar-refractivity contribution in [3.8, 4) is 0 Å². The van der Waals surface area contributed by atoms with Crippen molar-refractivity contribution < 1.29 is 18.3 Å². The number of ether oxygens (including phenoxy) is 1. The van der Waals surface area contributed by atoms with E-state index in [-0.39, 0.29) is 25.0 Å². The Kier molecular flexibility index (Phi) is 5.10. The third kappa shape index (κ3) is 3.86. The predicted molar refractivity (Wildman–Crippen MR) is 66.8 cm³/mol. The van der Waals surface area contributed by atoms with Crippen LogP contribution >= 0.6 is 0 Å². The molecule has 1 aliphatic carbocycles. The van der Waals surface area contributed by atoms with Gasteiger partial charge < -0.3 is 15.4 Å². The van der Waals surface area contributed by atoms with Gasteiger partial charge in [-0.05, 0) is 24.7 Å². The fourth-order valence-electron chi connectivity index (χ4n) is 3.21. The molecule has 1 amide bonds. The molecule has 0 aromatic heterocycles. The van der Waals surface area contributed by atoms with Crippen LogP contribution in [0.25, 0.3) is 0 Å². The molecular formula is C13H22F2N2O2.